The van der Waals surface area contributed by atoms with Gasteiger partial charge in [0.2, 0.25) is 0 Å². The fourth-order valence-electron chi connectivity index (χ4n) is 3.30. The number of anilines is 1. The second kappa shape index (κ2) is 6.49. The van der Waals surface area contributed by atoms with Crippen LogP contribution in [0.4, 0.5) is 19.0 Å². The van der Waals surface area contributed by atoms with E-state index in [9.17, 15) is 13.2 Å². The van der Waals surface area contributed by atoms with Gasteiger partial charge < -0.3 is 9.64 Å². The van der Waals surface area contributed by atoms with E-state index in [1.807, 2.05) is 19.9 Å². The summed E-state index contributed by atoms with van der Waals surface area (Å²) in [5, 5.41) is 12.8. The summed E-state index contributed by atoms with van der Waals surface area (Å²) in [7, 11) is 0. The Morgan fingerprint density at radius 3 is 2.26 bits per heavy atom. The third kappa shape index (κ3) is 3.46. The molecular formula is C18H18F3N5O. The first-order valence-corrected chi connectivity index (χ1v) is 8.62. The van der Waals surface area contributed by atoms with Crippen molar-refractivity contribution in [3.63, 3.8) is 0 Å². The summed E-state index contributed by atoms with van der Waals surface area (Å²) < 4.78 is 45.6. The maximum Gasteiger partial charge on any atom is 0.416 e. The van der Waals surface area contributed by atoms with Gasteiger partial charge in [0.1, 0.15) is 5.82 Å². The predicted octanol–water partition coefficient (Wildman–Crippen LogP) is 3.42. The number of hydrogen-bond donors (Lipinski definition) is 0. The lowest BCUT2D eigenvalue weighted by atomic mass is 10.1. The number of benzene rings is 1. The van der Waals surface area contributed by atoms with E-state index in [0.717, 1.165) is 18.0 Å². The number of nitrogens with zero attached hydrogens (tertiary/aromatic N) is 5. The van der Waals surface area contributed by atoms with Crippen molar-refractivity contribution in [3.8, 4) is 11.4 Å². The molecule has 0 spiro atoms. The zero-order chi connectivity index (χ0) is 19.2. The average molecular weight is 377 g/mol. The predicted molar refractivity (Wildman–Crippen MR) is 93.4 cm³/mol. The third-order valence-corrected chi connectivity index (χ3v) is 4.46. The van der Waals surface area contributed by atoms with Crippen LogP contribution in [0, 0.1) is 0 Å². The van der Waals surface area contributed by atoms with Crippen LogP contribution >= 0.6 is 0 Å². The number of rotatable bonds is 2. The highest BCUT2D eigenvalue weighted by Crippen LogP contribution is 2.30. The molecule has 1 aliphatic heterocycles. The molecule has 1 fully saturated rings. The maximum absolute atomic E-state index is 12.8. The number of hydrogen-bond acceptors (Lipinski definition) is 5. The summed E-state index contributed by atoms with van der Waals surface area (Å²) in [5.74, 6) is 1.15. The largest absolute Gasteiger partial charge is 0.416 e. The normalized spacial score (nSPS) is 21.0. The van der Waals surface area contributed by atoms with Crippen LogP contribution < -0.4 is 4.90 Å². The van der Waals surface area contributed by atoms with Crippen molar-refractivity contribution in [2.75, 3.05) is 18.0 Å². The molecule has 27 heavy (non-hydrogen) atoms. The minimum Gasteiger partial charge on any atom is -0.372 e. The highest BCUT2D eigenvalue weighted by Gasteiger charge is 2.30. The van der Waals surface area contributed by atoms with Crippen molar-refractivity contribution >= 4 is 11.5 Å². The average Bonchev–Trinajstić information content (AvgIpc) is 3.03. The standard InChI is InChI=1S/C18H18F3N5O/c1-11-9-25(10-12(2)27-11)16-8-7-15-22-23-17(26(15)24-16)13-3-5-14(6-4-13)18(19,20)21/h3-8,11-12H,9-10H2,1-2H3/t11-,12-/m1/s1. The van der Waals surface area contributed by atoms with Crippen LogP contribution in [0.3, 0.4) is 0 Å². The monoisotopic (exact) mass is 377 g/mol. The van der Waals surface area contributed by atoms with Gasteiger partial charge in [-0.05, 0) is 38.1 Å². The number of ether oxygens (including phenoxy) is 1. The summed E-state index contributed by atoms with van der Waals surface area (Å²) in [6, 6.07) is 8.50. The Morgan fingerprint density at radius 1 is 0.963 bits per heavy atom. The SMILES string of the molecule is C[C@@H]1CN(c2ccc3nnc(-c4ccc(C(F)(F)F)cc4)n3n2)C[C@@H](C)O1. The number of morpholine rings is 1. The molecule has 142 valence electrons. The van der Waals surface area contributed by atoms with Gasteiger partial charge in [0.05, 0.1) is 17.8 Å². The molecule has 2 aromatic heterocycles. The van der Waals surface area contributed by atoms with Gasteiger partial charge in [0, 0.05) is 18.7 Å². The number of halogens is 3. The van der Waals surface area contributed by atoms with Crippen molar-refractivity contribution in [3.05, 3.63) is 42.0 Å². The lowest BCUT2D eigenvalue weighted by Crippen LogP contribution is -2.46. The summed E-state index contributed by atoms with van der Waals surface area (Å²) in [4.78, 5) is 2.12. The molecule has 1 aliphatic rings. The van der Waals surface area contributed by atoms with Crippen LogP contribution in [0.1, 0.15) is 19.4 Å². The number of aromatic nitrogens is 4. The van der Waals surface area contributed by atoms with Crippen LogP contribution in [0.5, 0.6) is 0 Å². The Bertz CT molecular complexity index is 944. The minimum atomic E-state index is -4.37. The molecule has 0 unspecified atom stereocenters. The van der Waals surface area contributed by atoms with Gasteiger partial charge in [-0.1, -0.05) is 12.1 Å². The second-order valence-corrected chi connectivity index (χ2v) is 6.72. The van der Waals surface area contributed by atoms with E-state index in [0.29, 0.717) is 30.1 Å². The zero-order valence-corrected chi connectivity index (χ0v) is 14.8. The Hall–Kier alpha value is -2.68. The summed E-state index contributed by atoms with van der Waals surface area (Å²) >= 11 is 0. The van der Waals surface area contributed by atoms with E-state index >= 15 is 0 Å². The summed E-state index contributed by atoms with van der Waals surface area (Å²) in [6.07, 6.45) is -4.20. The first kappa shape index (κ1) is 17.7. The van der Waals surface area contributed by atoms with Crippen molar-refractivity contribution in [1.29, 1.82) is 0 Å². The lowest BCUT2D eigenvalue weighted by Gasteiger charge is -2.35. The van der Waals surface area contributed by atoms with Crippen molar-refractivity contribution < 1.29 is 17.9 Å². The van der Waals surface area contributed by atoms with Gasteiger partial charge in [0.25, 0.3) is 0 Å². The first-order valence-electron chi connectivity index (χ1n) is 8.62. The van der Waals surface area contributed by atoms with E-state index < -0.39 is 11.7 Å². The maximum atomic E-state index is 12.8. The quantitative estimate of drug-likeness (QED) is 0.685. The lowest BCUT2D eigenvalue weighted by molar-refractivity contribution is -0.137. The van der Waals surface area contributed by atoms with Gasteiger partial charge in [0.15, 0.2) is 11.5 Å². The van der Waals surface area contributed by atoms with Gasteiger partial charge in [-0.2, -0.15) is 17.7 Å². The molecule has 1 saturated heterocycles. The molecule has 9 heteroatoms. The van der Waals surface area contributed by atoms with Crippen molar-refractivity contribution in [2.45, 2.75) is 32.2 Å². The van der Waals surface area contributed by atoms with E-state index in [4.69, 9.17) is 4.74 Å². The Balaban J connectivity index is 1.70. The van der Waals surface area contributed by atoms with Crippen LogP contribution in [-0.2, 0) is 10.9 Å². The van der Waals surface area contributed by atoms with Crippen molar-refractivity contribution in [2.24, 2.45) is 0 Å². The third-order valence-electron chi connectivity index (χ3n) is 4.46. The van der Waals surface area contributed by atoms with E-state index in [-0.39, 0.29) is 12.2 Å². The number of alkyl halides is 3. The molecule has 1 aromatic carbocycles. The molecule has 0 N–H and O–H groups in total. The molecular weight excluding hydrogens is 359 g/mol. The zero-order valence-electron chi connectivity index (χ0n) is 14.8. The topological polar surface area (TPSA) is 55.6 Å². The Morgan fingerprint density at radius 2 is 1.63 bits per heavy atom. The van der Waals surface area contributed by atoms with Crippen LogP contribution in [0.2, 0.25) is 0 Å². The van der Waals surface area contributed by atoms with Gasteiger partial charge in [-0.3, -0.25) is 0 Å². The van der Waals surface area contributed by atoms with E-state index in [2.05, 4.69) is 20.2 Å². The molecule has 0 saturated carbocycles. The van der Waals surface area contributed by atoms with Crippen molar-refractivity contribution in [1.82, 2.24) is 19.8 Å². The molecule has 0 radical (unpaired) electrons. The molecule has 3 aromatic rings. The summed E-state index contributed by atoms with van der Waals surface area (Å²) in [6.45, 7) is 5.43. The highest BCUT2D eigenvalue weighted by molar-refractivity contribution is 5.60. The minimum absolute atomic E-state index is 0.0848. The Kier molecular flexibility index (Phi) is 4.26. The van der Waals surface area contributed by atoms with Crippen LogP contribution in [0.25, 0.3) is 17.0 Å². The smallest absolute Gasteiger partial charge is 0.372 e. The number of fused-ring (bicyclic) bond motifs is 1. The molecule has 0 aliphatic carbocycles. The molecule has 4 rings (SSSR count). The molecule has 6 nitrogen and oxygen atoms in total. The molecule has 2 atom stereocenters. The highest BCUT2D eigenvalue weighted by atomic mass is 19.4. The van der Waals surface area contributed by atoms with E-state index in [1.165, 1.54) is 12.1 Å². The van der Waals surface area contributed by atoms with Gasteiger partial charge >= 0.3 is 6.18 Å². The fraction of sp³-hybridized carbons (Fsp3) is 0.389. The van der Waals surface area contributed by atoms with Gasteiger partial charge in [-0.15, -0.1) is 15.3 Å². The Labute approximate surface area is 153 Å². The summed E-state index contributed by atoms with van der Waals surface area (Å²) in [5.41, 5.74) is 0.344. The van der Waals surface area contributed by atoms with E-state index in [1.54, 1.807) is 10.6 Å². The van der Waals surface area contributed by atoms with Crippen LogP contribution in [0.15, 0.2) is 36.4 Å². The van der Waals surface area contributed by atoms with Gasteiger partial charge in [-0.25, -0.2) is 0 Å². The molecule has 0 bridgehead atoms. The molecule has 3 heterocycles. The second-order valence-electron chi connectivity index (χ2n) is 6.72. The first-order chi connectivity index (χ1) is 12.8. The van der Waals surface area contributed by atoms with Crippen LogP contribution in [-0.4, -0.2) is 45.1 Å². The molecule has 0 amide bonds. The fourth-order valence-corrected chi connectivity index (χ4v) is 3.30.